The van der Waals surface area contributed by atoms with Crippen LogP contribution in [-0.2, 0) is 12.6 Å². The third kappa shape index (κ3) is 4.16. The van der Waals surface area contributed by atoms with E-state index in [9.17, 15) is 38.5 Å². The zero-order chi connectivity index (χ0) is 23.9. The van der Waals surface area contributed by atoms with Crippen LogP contribution >= 0.6 is 0 Å². The van der Waals surface area contributed by atoms with Gasteiger partial charge in [-0.1, -0.05) is 12.1 Å². The fourth-order valence-electron chi connectivity index (χ4n) is 4.05. The molecule has 0 radical (unpaired) electrons. The minimum absolute atomic E-state index is 0.0973. The van der Waals surface area contributed by atoms with Gasteiger partial charge in [0.05, 0.1) is 21.5 Å². The van der Waals surface area contributed by atoms with Crippen LogP contribution in [0.15, 0.2) is 60.7 Å². The monoisotopic (exact) mass is 459 g/mol. The number of rotatable bonds is 5. The van der Waals surface area contributed by atoms with Crippen LogP contribution in [0.3, 0.4) is 0 Å². The molecule has 0 bridgehead atoms. The predicted octanol–water partition coefficient (Wildman–Crippen LogP) is 5.38. The van der Waals surface area contributed by atoms with Crippen molar-refractivity contribution in [1.29, 1.82) is 0 Å². The molecule has 0 saturated heterocycles. The van der Waals surface area contributed by atoms with Crippen molar-refractivity contribution in [3.8, 4) is 5.75 Å². The van der Waals surface area contributed by atoms with E-state index in [2.05, 4.69) is 0 Å². The number of nitro benzene ring substituents is 2. The summed E-state index contributed by atoms with van der Waals surface area (Å²) in [6.45, 7) is 0.338. The summed E-state index contributed by atoms with van der Waals surface area (Å²) in [7, 11) is 0. The van der Waals surface area contributed by atoms with Crippen molar-refractivity contribution in [2.75, 3.05) is 11.4 Å². The molecule has 0 fully saturated rings. The average Bonchev–Trinajstić information content (AvgIpc) is 3.18. The fourth-order valence-corrected chi connectivity index (χ4v) is 4.05. The van der Waals surface area contributed by atoms with Crippen molar-refractivity contribution >= 4 is 17.1 Å². The lowest BCUT2D eigenvalue weighted by Crippen LogP contribution is -2.28. The molecule has 3 aromatic carbocycles. The minimum atomic E-state index is -4.54. The number of benzene rings is 3. The summed E-state index contributed by atoms with van der Waals surface area (Å²) in [4.78, 5) is 23.1. The van der Waals surface area contributed by atoms with E-state index in [1.807, 2.05) is 0 Å². The first kappa shape index (κ1) is 22.1. The largest absolute Gasteiger partial charge is 0.508 e. The molecule has 0 aliphatic carbocycles. The van der Waals surface area contributed by atoms with Crippen molar-refractivity contribution in [3.05, 3.63) is 103 Å². The van der Waals surface area contributed by atoms with Crippen molar-refractivity contribution in [2.24, 2.45) is 0 Å². The van der Waals surface area contributed by atoms with Crippen LogP contribution in [0.5, 0.6) is 5.75 Å². The highest BCUT2D eigenvalue weighted by molar-refractivity contribution is 5.65. The number of hydrogen-bond acceptors (Lipinski definition) is 6. The standard InChI is InChI=1S/C22H16F3N3O5/c23-22(24,25)15-3-1-13(2-4-15)21(18-12-17(28(32)33)6-8-20(18)29)26-10-9-14-11-16(27(30)31)5-7-19(14)26/h1-8,11-12,21,29H,9-10H2. The Labute approximate surface area is 184 Å². The zero-order valence-electron chi connectivity index (χ0n) is 16.8. The number of halogens is 3. The van der Waals surface area contributed by atoms with E-state index in [4.69, 9.17) is 0 Å². The van der Waals surface area contributed by atoms with E-state index in [1.165, 1.54) is 36.4 Å². The molecule has 33 heavy (non-hydrogen) atoms. The van der Waals surface area contributed by atoms with Crippen LogP contribution in [-0.4, -0.2) is 21.5 Å². The Hall–Kier alpha value is -4.15. The molecule has 1 aliphatic rings. The second kappa shape index (κ2) is 8.08. The number of anilines is 1. The summed E-state index contributed by atoms with van der Waals surface area (Å²) in [5.41, 5.74) is 0.510. The van der Waals surface area contributed by atoms with Gasteiger partial charge in [-0.25, -0.2) is 0 Å². The molecule has 0 aromatic heterocycles. The molecule has 4 rings (SSSR count). The van der Waals surface area contributed by atoms with E-state index in [-0.39, 0.29) is 22.7 Å². The highest BCUT2D eigenvalue weighted by atomic mass is 19.4. The molecule has 3 aromatic rings. The first-order chi connectivity index (χ1) is 15.6. The third-order valence-electron chi connectivity index (χ3n) is 5.59. The van der Waals surface area contributed by atoms with Crippen LogP contribution in [0.2, 0.25) is 0 Å². The Morgan fingerprint density at radius 3 is 2.12 bits per heavy atom. The summed E-state index contributed by atoms with van der Waals surface area (Å²) in [5, 5.41) is 33.0. The topological polar surface area (TPSA) is 110 Å². The van der Waals surface area contributed by atoms with Gasteiger partial charge < -0.3 is 10.0 Å². The van der Waals surface area contributed by atoms with Gasteiger partial charge in [0.1, 0.15) is 5.75 Å². The summed E-state index contributed by atoms with van der Waals surface area (Å²) in [6.07, 6.45) is -4.12. The maximum atomic E-state index is 13.1. The van der Waals surface area contributed by atoms with Gasteiger partial charge in [0, 0.05) is 42.1 Å². The molecule has 11 heteroatoms. The van der Waals surface area contributed by atoms with E-state index in [1.54, 1.807) is 4.90 Å². The number of phenolic OH excluding ortho intramolecular Hbond substituents is 1. The highest BCUT2D eigenvalue weighted by Crippen LogP contribution is 2.43. The molecule has 1 aliphatic heterocycles. The molecule has 0 saturated carbocycles. The number of non-ortho nitro benzene ring substituents is 2. The van der Waals surface area contributed by atoms with Crippen molar-refractivity contribution < 1.29 is 28.1 Å². The molecular weight excluding hydrogens is 443 g/mol. The molecule has 1 N–H and O–H groups in total. The Morgan fingerprint density at radius 2 is 1.52 bits per heavy atom. The molecule has 1 heterocycles. The number of nitro groups is 2. The summed E-state index contributed by atoms with van der Waals surface area (Å²) in [6, 6.07) is 11.2. The quantitative estimate of drug-likeness (QED) is 0.405. The molecule has 0 spiro atoms. The molecular formula is C22H16F3N3O5. The van der Waals surface area contributed by atoms with Crippen LogP contribution in [0.4, 0.5) is 30.2 Å². The molecule has 1 unspecified atom stereocenters. The van der Waals surface area contributed by atoms with Crippen molar-refractivity contribution in [2.45, 2.75) is 18.6 Å². The van der Waals surface area contributed by atoms with Crippen molar-refractivity contribution in [1.82, 2.24) is 0 Å². The first-order valence-electron chi connectivity index (χ1n) is 9.74. The lowest BCUT2D eigenvalue weighted by atomic mass is 9.94. The Bertz CT molecular complexity index is 1250. The second-order valence-corrected chi connectivity index (χ2v) is 7.54. The lowest BCUT2D eigenvalue weighted by molar-refractivity contribution is -0.385. The molecule has 170 valence electrons. The second-order valence-electron chi connectivity index (χ2n) is 7.54. The Morgan fingerprint density at radius 1 is 0.909 bits per heavy atom. The van der Waals surface area contributed by atoms with Gasteiger partial charge in [-0.05, 0) is 41.8 Å². The normalized spacial score (nSPS) is 14.1. The van der Waals surface area contributed by atoms with E-state index in [0.717, 1.165) is 24.3 Å². The third-order valence-corrected chi connectivity index (χ3v) is 5.59. The van der Waals surface area contributed by atoms with E-state index >= 15 is 0 Å². The molecule has 8 nitrogen and oxygen atoms in total. The van der Waals surface area contributed by atoms with Crippen molar-refractivity contribution in [3.63, 3.8) is 0 Å². The smallest absolute Gasteiger partial charge is 0.416 e. The Kier molecular flexibility index (Phi) is 5.40. The maximum Gasteiger partial charge on any atom is 0.416 e. The van der Waals surface area contributed by atoms with Gasteiger partial charge in [0.2, 0.25) is 0 Å². The lowest BCUT2D eigenvalue weighted by Gasteiger charge is -2.32. The molecule has 0 amide bonds. The Balaban J connectivity index is 1.86. The highest BCUT2D eigenvalue weighted by Gasteiger charge is 2.34. The van der Waals surface area contributed by atoms with Crippen LogP contribution in [0.1, 0.15) is 28.3 Å². The zero-order valence-corrected chi connectivity index (χ0v) is 16.8. The van der Waals surface area contributed by atoms with Gasteiger partial charge in [-0.15, -0.1) is 0 Å². The van der Waals surface area contributed by atoms with Gasteiger partial charge in [-0.2, -0.15) is 13.2 Å². The number of alkyl halides is 3. The van der Waals surface area contributed by atoms with Gasteiger partial charge >= 0.3 is 6.18 Å². The number of phenols is 1. The fraction of sp³-hybridized carbons (Fsp3) is 0.182. The summed E-state index contributed by atoms with van der Waals surface area (Å²) in [5.74, 6) is -0.263. The first-order valence-corrected chi connectivity index (χ1v) is 9.74. The SMILES string of the molecule is O=[N+]([O-])c1ccc2c(c1)CCN2C(c1ccc(C(F)(F)F)cc1)c1cc([N+](=O)[O-])ccc1O. The van der Waals surface area contributed by atoms with E-state index in [0.29, 0.717) is 29.8 Å². The maximum absolute atomic E-state index is 13.1. The van der Waals surface area contributed by atoms with Crippen LogP contribution in [0, 0.1) is 20.2 Å². The van der Waals surface area contributed by atoms with Crippen LogP contribution < -0.4 is 4.90 Å². The van der Waals surface area contributed by atoms with E-state index < -0.39 is 27.6 Å². The van der Waals surface area contributed by atoms with Crippen LogP contribution in [0.25, 0.3) is 0 Å². The number of hydrogen-bond donors (Lipinski definition) is 1. The molecule has 1 atom stereocenters. The number of nitrogens with zero attached hydrogens (tertiary/aromatic N) is 3. The predicted molar refractivity (Wildman–Crippen MR) is 112 cm³/mol. The summed E-state index contributed by atoms with van der Waals surface area (Å²) >= 11 is 0. The van der Waals surface area contributed by atoms with Gasteiger partial charge in [0.15, 0.2) is 0 Å². The number of aromatic hydroxyl groups is 1. The average molecular weight is 459 g/mol. The van der Waals surface area contributed by atoms with Gasteiger partial charge in [0.25, 0.3) is 11.4 Å². The summed E-state index contributed by atoms with van der Waals surface area (Å²) < 4.78 is 39.2. The minimum Gasteiger partial charge on any atom is -0.508 e. The number of fused-ring (bicyclic) bond motifs is 1. The van der Waals surface area contributed by atoms with Gasteiger partial charge in [-0.3, -0.25) is 20.2 Å².